The van der Waals surface area contributed by atoms with E-state index in [4.69, 9.17) is 4.74 Å². The van der Waals surface area contributed by atoms with Gasteiger partial charge in [0.25, 0.3) is 0 Å². The number of carbonyl (C=O) groups excluding carboxylic acids is 1. The maximum Gasteiger partial charge on any atom is 0.450 e. The molecule has 17 heavy (non-hydrogen) atoms. The van der Waals surface area contributed by atoms with Gasteiger partial charge in [-0.25, -0.2) is 4.79 Å². The molecule has 0 aliphatic carbocycles. The lowest BCUT2D eigenvalue weighted by atomic mass is 10.1. The third kappa shape index (κ3) is 3.25. The lowest BCUT2D eigenvalue weighted by molar-refractivity contribution is -0.153. The number of furan rings is 1. The number of esters is 1. The second-order valence-corrected chi connectivity index (χ2v) is 3.61. The second-order valence-electron chi connectivity index (χ2n) is 3.61. The molecular formula is C11H13F3O3. The summed E-state index contributed by atoms with van der Waals surface area (Å²) in [5, 5.41) is 0. The molecule has 6 heteroatoms. The Balaban J connectivity index is 2.89. The normalized spacial score (nSPS) is 11.6. The molecule has 0 atom stereocenters. The number of carbonyl (C=O) groups is 1. The summed E-state index contributed by atoms with van der Waals surface area (Å²) in [6, 6.07) is 0. The lowest BCUT2D eigenvalue weighted by Gasteiger charge is -2.07. The van der Waals surface area contributed by atoms with E-state index in [0.29, 0.717) is 6.42 Å². The number of hydrogen-bond acceptors (Lipinski definition) is 3. The molecule has 3 nitrogen and oxygen atoms in total. The zero-order valence-corrected chi connectivity index (χ0v) is 9.56. The highest BCUT2D eigenvalue weighted by atomic mass is 19.4. The topological polar surface area (TPSA) is 39.4 Å². The molecule has 0 saturated carbocycles. The van der Waals surface area contributed by atoms with Crippen LogP contribution >= 0.6 is 0 Å². The van der Waals surface area contributed by atoms with Gasteiger partial charge in [0.2, 0.25) is 5.76 Å². The minimum absolute atomic E-state index is 0.108. The van der Waals surface area contributed by atoms with Crippen LogP contribution in [-0.2, 0) is 10.9 Å². The van der Waals surface area contributed by atoms with Crippen LogP contribution in [0.1, 0.15) is 41.4 Å². The van der Waals surface area contributed by atoms with Crippen molar-refractivity contribution in [2.45, 2.75) is 32.9 Å². The van der Waals surface area contributed by atoms with Crippen molar-refractivity contribution in [3.8, 4) is 0 Å². The Kier molecular flexibility index (Phi) is 4.20. The highest BCUT2D eigenvalue weighted by molar-refractivity contribution is 5.92. The Morgan fingerprint density at radius 3 is 2.65 bits per heavy atom. The fraction of sp³-hybridized carbons (Fsp3) is 0.545. The van der Waals surface area contributed by atoms with E-state index < -0.39 is 23.5 Å². The van der Waals surface area contributed by atoms with Crippen molar-refractivity contribution in [2.75, 3.05) is 6.61 Å². The Morgan fingerprint density at radius 1 is 1.47 bits per heavy atom. The molecule has 1 aromatic heterocycles. The number of ether oxygens (including phenoxy) is 1. The molecule has 0 amide bonds. The minimum Gasteiger partial charge on any atom is -0.462 e. The van der Waals surface area contributed by atoms with Gasteiger partial charge >= 0.3 is 12.1 Å². The third-order valence-corrected chi connectivity index (χ3v) is 2.17. The van der Waals surface area contributed by atoms with Crippen molar-refractivity contribution in [2.24, 2.45) is 0 Å². The molecule has 0 saturated heterocycles. The first-order chi connectivity index (χ1) is 7.88. The highest BCUT2D eigenvalue weighted by Crippen LogP contribution is 2.34. The van der Waals surface area contributed by atoms with Crippen molar-refractivity contribution in [3.05, 3.63) is 23.2 Å². The largest absolute Gasteiger partial charge is 0.462 e. The Hall–Kier alpha value is -1.46. The van der Waals surface area contributed by atoms with E-state index in [2.05, 4.69) is 4.42 Å². The number of aryl methyl sites for hydroxylation is 1. The maximum absolute atomic E-state index is 12.5. The minimum atomic E-state index is -4.69. The molecule has 0 aliphatic heterocycles. The van der Waals surface area contributed by atoms with E-state index in [-0.39, 0.29) is 12.2 Å². The van der Waals surface area contributed by atoms with Gasteiger partial charge in [0.05, 0.1) is 12.9 Å². The van der Waals surface area contributed by atoms with E-state index in [1.54, 1.807) is 0 Å². The summed E-state index contributed by atoms with van der Waals surface area (Å²) in [5.41, 5.74) is -0.410. The van der Waals surface area contributed by atoms with Gasteiger partial charge in [-0.1, -0.05) is 13.3 Å². The summed E-state index contributed by atoms with van der Waals surface area (Å²) in [7, 11) is 0. The molecule has 1 heterocycles. The molecule has 1 rings (SSSR count). The molecule has 0 bridgehead atoms. The first-order valence-electron chi connectivity index (χ1n) is 5.20. The summed E-state index contributed by atoms with van der Waals surface area (Å²) >= 11 is 0. The summed E-state index contributed by atoms with van der Waals surface area (Å²) in [6.45, 7) is 3.37. The van der Waals surface area contributed by atoms with Crippen LogP contribution in [0.4, 0.5) is 13.2 Å². The Labute approximate surface area is 96.6 Å². The molecule has 0 unspecified atom stereocenters. The van der Waals surface area contributed by atoms with Gasteiger partial charge in [-0.3, -0.25) is 0 Å². The molecule has 96 valence electrons. The first kappa shape index (κ1) is 13.6. The van der Waals surface area contributed by atoms with Gasteiger partial charge in [-0.05, 0) is 13.3 Å². The van der Waals surface area contributed by atoms with Crippen LogP contribution < -0.4 is 0 Å². The van der Waals surface area contributed by atoms with Gasteiger partial charge in [-0.2, -0.15) is 13.2 Å². The first-order valence-corrected chi connectivity index (χ1v) is 5.20. The van der Waals surface area contributed by atoms with Gasteiger partial charge in [0, 0.05) is 5.56 Å². The molecule has 0 radical (unpaired) electrons. The third-order valence-electron chi connectivity index (χ3n) is 2.17. The second kappa shape index (κ2) is 5.25. The van der Waals surface area contributed by atoms with Gasteiger partial charge < -0.3 is 9.15 Å². The van der Waals surface area contributed by atoms with Crippen LogP contribution in [0.2, 0.25) is 0 Å². The van der Waals surface area contributed by atoms with Gasteiger partial charge in [-0.15, -0.1) is 0 Å². The van der Waals surface area contributed by atoms with Crippen LogP contribution in [-0.4, -0.2) is 12.6 Å². The molecule has 0 spiro atoms. The smallest absolute Gasteiger partial charge is 0.450 e. The Morgan fingerprint density at radius 2 is 2.12 bits per heavy atom. The average Bonchev–Trinajstić information content (AvgIpc) is 2.60. The molecule has 0 N–H and O–H groups in total. The van der Waals surface area contributed by atoms with E-state index >= 15 is 0 Å². The lowest BCUT2D eigenvalue weighted by Crippen LogP contribution is -2.14. The number of hydrogen-bond donors (Lipinski definition) is 0. The molecule has 1 aromatic rings. The van der Waals surface area contributed by atoms with Crippen molar-refractivity contribution in [1.29, 1.82) is 0 Å². The molecule has 0 aliphatic rings. The predicted octanol–water partition coefficient (Wildman–Crippen LogP) is 3.56. The van der Waals surface area contributed by atoms with Crippen LogP contribution in [0.15, 0.2) is 10.7 Å². The van der Waals surface area contributed by atoms with Crippen LogP contribution in [0, 0.1) is 6.92 Å². The van der Waals surface area contributed by atoms with Crippen LogP contribution in [0.5, 0.6) is 0 Å². The average molecular weight is 250 g/mol. The van der Waals surface area contributed by atoms with E-state index in [9.17, 15) is 18.0 Å². The van der Waals surface area contributed by atoms with Gasteiger partial charge in [0.1, 0.15) is 5.56 Å². The number of unbranched alkanes of at least 4 members (excludes halogenated alkanes) is 1. The zero-order valence-electron chi connectivity index (χ0n) is 9.56. The predicted molar refractivity (Wildman–Crippen MR) is 53.6 cm³/mol. The van der Waals surface area contributed by atoms with E-state index in [0.717, 1.165) is 12.7 Å². The zero-order chi connectivity index (χ0) is 13.1. The van der Waals surface area contributed by atoms with Crippen molar-refractivity contribution in [1.82, 2.24) is 0 Å². The monoisotopic (exact) mass is 250 g/mol. The Bertz CT molecular complexity index is 393. The quantitative estimate of drug-likeness (QED) is 0.605. The van der Waals surface area contributed by atoms with E-state index in [1.807, 2.05) is 6.92 Å². The standard InChI is InChI=1S/C11H13F3O3/c1-3-4-5-16-10(15)8-7(2)6-17-9(8)11(12,13)14/h6H,3-5H2,1-2H3. The molecule has 0 aromatic carbocycles. The van der Waals surface area contributed by atoms with Crippen molar-refractivity contribution >= 4 is 5.97 Å². The highest BCUT2D eigenvalue weighted by Gasteiger charge is 2.41. The molecular weight excluding hydrogens is 237 g/mol. The summed E-state index contributed by atoms with van der Waals surface area (Å²) in [5.74, 6) is -2.28. The molecule has 0 fully saturated rings. The van der Waals surface area contributed by atoms with Crippen LogP contribution in [0.25, 0.3) is 0 Å². The number of alkyl halides is 3. The maximum atomic E-state index is 12.5. The number of rotatable bonds is 4. The SMILES string of the molecule is CCCCOC(=O)c1c(C)coc1C(F)(F)F. The fourth-order valence-electron chi connectivity index (χ4n) is 1.29. The summed E-state index contributed by atoms with van der Waals surface area (Å²) in [6.07, 6.45) is -2.37. The van der Waals surface area contributed by atoms with Crippen molar-refractivity contribution < 1.29 is 27.1 Å². The van der Waals surface area contributed by atoms with Gasteiger partial charge in [0.15, 0.2) is 0 Å². The van der Waals surface area contributed by atoms with Crippen molar-refractivity contribution in [3.63, 3.8) is 0 Å². The van der Waals surface area contributed by atoms with E-state index in [1.165, 1.54) is 6.92 Å². The number of halogens is 3. The fourth-order valence-corrected chi connectivity index (χ4v) is 1.29. The summed E-state index contributed by atoms with van der Waals surface area (Å²) < 4.78 is 46.6. The van der Waals surface area contributed by atoms with Crippen LogP contribution in [0.3, 0.4) is 0 Å². The summed E-state index contributed by atoms with van der Waals surface area (Å²) in [4.78, 5) is 11.5.